The highest BCUT2D eigenvalue weighted by Gasteiger charge is 2.30. The lowest BCUT2D eigenvalue weighted by Gasteiger charge is -2.30. The number of hydrogen-bond acceptors (Lipinski definition) is 5. The Bertz CT molecular complexity index is 1100. The molecule has 2 heterocycles. The molecule has 0 aromatic heterocycles. The Morgan fingerprint density at radius 1 is 1.23 bits per heavy atom. The zero-order chi connectivity index (χ0) is 24.8. The molecule has 0 bridgehead atoms. The average molecular weight is 559 g/mol. The van der Waals surface area contributed by atoms with Crippen molar-refractivity contribution in [2.45, 2.75) is 31.1 Å². The fourth-order valence-corrected chi connectivity index (χ4v) is 5.98. The fraction of sp³-hybridized carbons (Fsp3) is 0.407. The van der Waals surface area contributed by atoms with E-state index in [0.717, 1.165) is 58.3 Å². The molecule has 2 aliphatic rings. The van der Waals surface area contributed by atoms with E-state index < -0.39 is 0 Å². The van der Waals surface area contributed by atoms with Gasteiger partial charge < -0.3 is 15.0 Å². The van der Waals surface area contributed by atoms with Gasteiger partial charge in [-0.3, -0.25) is 14.5 Å². The van der Waals surface area contributed by atoms with Gasteiger partial charge >= 0.3 is 0 Å². The Labute approximate surface area is 220 Å². The molecule has 1 saturated heterocycles. The summed E-state index contributed by atoms with van der Waals surface area (Å²) in [7, 11) is 1.62. The number of methoxy groups -OCH3 is 1. The summed E-state index contributed by atoms with van der Waals surface area (Å²) in [5, 5.41) is 3.01. The number of nitrogens with zero attached hydrogens (tertiary/aromatic N) is 2. The summed E-state index contributed by atoms with van der Waals surface area (Å²) >= 11 is 4.93. The Morgan fingerprint density at radius 2 is 2.00 bits per heavy atom. The molecule has 0 unspecified atom stereocenters. The van der Waals surface area contributed by atoms with Gasteiger partial charge in [-0.15, -0.1) is 0 Å². The van der Waals surface area contributed by atoms with Crippen LogP contribution in [0.4, 0.5) is 5.69 Å². The minimum Gasteiger partial charge on any atom is -0.496 e. The quantitative estimate of drug-likeness (QED) is 0.358. The topological polar surface area (TPSA) is 61.9 Å². The van der Waals surface area contributed by atoms with Gasteiger partial charge in [0.05, 0.1) is 22.2 Å². The average Bonchev–Trinajstić information content (AvgIpc) is 2.85. The molecule has 2 aromatic rings. The molecule has 6 nitrogen and oxygen atoms in total. The summed E-state index contributed by atoms with van der Waals surface area (Å²) < 4.78 is 6.12. The van der Waals surface area contributed by atoms with Gasteiger partial charge in [0, 0.05) is 11.4 Å². The van der Waals surface area contributed by atoms with E-state index in [0.29, 0.717) is 11.4 Å². The van der Waals surface area contributed by atoms with Crippen molar-refractivity contribution in [1.82, 2.24) is 10.2 Å². The van der Waals surface area contributed by atoms with Gasteiger partial charge in [-0.1, -0.05) is 36.9 Å². The number of hydrogen-bond donors (Lipinski definition) is 1. The lowest BCUT2D eigenvalue weighted by molar-refractivity contribution is -0.122. The van der Waals surface area contributed by atoms with Crippen LogP contribution in [-0.2, 0) is 9.59 Å². The van der Waals surface area contributed by atoms with Crippen LogP contribution in [0.1, 0.15) is 31.7 Å². The Morgan fingerprint density at radius 3 is 2.74 bits per heavy atom. The molecule has 4 rings (SSSR count). The van der Waals surface area contributed by atoms with Crippen molar-refractivity contribution in [3.05, 3.63) is 57.4 Å². The van der Waals surface area contributed by atoms with Gasteiger partial charge in [0.25, 0.3) is 5.91 Å². The van der Waals surface area contributed by atoms with E-state index in [1.165, 1.54) is 24.6 Å². The van der Waals surface area contributed by atoms with Crippen LogP contribution in [-0.4, -0.2) is 56.5 Å². The Balaban J connectivity index is 1.40. The first-order valence-corrected chi connectivity index (χ1v) is 13.7. The summed E-state index contributed by atoms with van der Waals surface area (Å²) in [4.78, 5) is 31.8. The number of benzene rings is 2. The summed E-state index contributed by atoms with van der Waals surface area (Å²) in [5.41, 5.74) is 1.65. The van der Waals surface area contributed by atoms with Crippen LogP contribution in [0.3, 0.4) is 0 Å². The van der Waals surface area contributed by atoms with E-state index in [4.69, 9.17) is 4.74 Å². The summed E-state index contributed by atoms with van der Waals surface area (Å²) in [6, 6.07) is 13.4. The van der Waals surface area contributed by atoms with Gasteiger partial charge in [-0.25, -0.2) is 0 Å². The van der Waals surface area contributed by atoms with Gasteiger partial charge in [-0.05, 0) is 96.6 Å². The van der Waals surface area contributed by atoms with Crippen molar-refractivity contribution in [3.8, 4) is 5.75 Å². The smallest absolute Gasteiger partial charge is 0.265 e. The molecule has 35 heavy (non-hydrogen) atoms. The van der Waals surface area contributed by atoms with Gasteiger partial charge in [0.1, 0.15) is 12.3 Å². The number of likely N-dealkylation sites (tertiary alicyclic amines) is 1. The lowest BCUT2D eigenvalue weighted by atomic mass is 9.99. The standard InChI is InChI=1S/C27H32BrN3O3S/c1-19-10-14-30(15-11-19)13-5-12-29-26(32)18-31-22-6-3-4-7-24(22)35-25(27(31)33)17-20-8-9-23(34-2)21(28)16-20/h3-4,6-9,16-17,19H,5,10-15,18H2,1-2H3,(H,29,32). The number of ether oxygens (including phenoxy) is 1. The zero-order valence-corrected chi connectivity index (χ0v) is 22.7. The first-order valence-electron chi connectivity index (χ1n) is 12.1. The molecular formula is C27H32BrN3O3S. The van der Waals surface area contributed by atoms with Crippen molar-refractivity contribution >= 4 is 51.3 Å². The number of amides is 2. The molecule has 2 amide bonds. The summed E-state index contributed by atoms with van der Waals surface area (Å²) in [6.07, 6.45) is 5.28. The third-order valence-electron chi connectivity index (χ3n) is 6.46. The molecule has 8 heteroatoms. The van der Waals surface area contributed by atoms with Gasteiger partial charge in [0.15, 0.2) is 0 Å². The summed E-state index contributed by atoms with van der Waals surface area (Å²) in [6.45, 7) is 6.22. The lowest BCUT2D eigenvalue weighted by Crippen LogP contribution is -2.43. The first-order chi connectivity index (χ1) is 16.9. The number of nitrogens with one attached hydrogen (secondary N) is 1. The van der Waals surface area contributed by atoms with E-state index in [1.807, 2.05) is 48.5 Å². The maximum Gasteiger partial charge on any atom is 0.265 e. The number of carbonyl (C=O) groups is 2. The highest BCUT2D eigenvalue weighted by Crippen LogP contribution is 2.42. The van der Waals surface area contributed by atoms with Crippen molar-refractivity contribution in [2.75, 3.05) is 44.7 Å². The second-order valence-corrected chi connectivity index (χ2v) is 11.0. The fourth-order valence-electron chi connectivity index (χ4n) is 4.36. The second kappa shape index (κ2) is 12.1. The normalized spacial score (nSPS) is 18.0. The highest BCUT2D eigenvalue weighted by atomic mass is 79.9. The zero-order valence-electron chi connectivity index (χ0n) is 20.3. The molecule has 0 radical (unpaired) electrons. The van der Waals surface area contributed by atoms with Crippen LogP contribution in [0.25, 0.3) is 6.08 Å². The number of anilines is 1. The molecule has 0 saturated carbocycles. The molecule has 0 spiro atoms. The molecule has 0 aliphatic carbocycles. The molecular weight excluding hydrogens is 526 g/mol. The molecule has 0 atom stereocenters. The minimum atomic E-state index is -0.168. The SMILES string of the molecule is COc1ccc(C=C2Sc3ccccc3N(CC(=O)NCCCN3CCC(C)CC3)C2=O)cc1Br. The van der Waals surface area contributed by atoms with E-state index in [2.05, 4.69) is 33.1 Å². The van der Waals surface area contributed by atoms with E-state index in [9.17, 15) is 9.59 Å². The molecule has 1 fully saturated rings. The molecule has 2 aliphatic heterocycles. The molecule has 1 N–H and O–H groups in total. The number of rotatable bonds is 8. The largest absolute Gasteiger partial charge is 0.496 e. The number of fused-ring (bicyclic) bond motifs is 1. The predicted molar refractivity (Wildman–Crippen MR) is 146 cm³/mol. The Kier molecular flexibility index (Phi) is 8.92. The van der Waals surface area contributed by atoms with E-state index in [-0.39, 0.29) is 18.4 Å². The van der Waals surface area contributed by atoms with Crippen LogP contribution in [0.2, 0.25) is 0 Å². The third-order valence-corrected chi connectivity index (χ3v) is 8.15. The monoisotopic (exact) mass is 557 g/mol. The van der Waals surface area contributed by atoms with Crippen LogP contribution >= 0.6 is 27.7 Å². The van der Waals surface area contributed by atoms with Crippen LogP contribution in [0.5, 0.6) is 5.75 Å². The number of carbonyl (C=O) groups excluding carboxylic acids is 2. The van der Waals surface area contributed by atoms with Gasteiger partial charge in [0.2, 0.25) is 5.91 Å². The van der Waals surface area contributed by atoms with Crippen LogP contribution < -0.4 is 15.0 Å². The number of para-hydroxylation sites is 1. The van der Waals surface area contributed by atoms with Crippen LogP contribution in [0, 0.1) is 5.92 Å². The van der Waals surface area contributed by atoms with Crippen molar-refractivity contribution < 1.29 is 14.3 Å². The second-order valence-electron chi connectivity index (χ2n) is 9.09. The van der Waals surface area contributed by atoms with Crippen molar-refractivity contribution in [2.24, 2.45) is 5.92 Å². The Hall–Kier alpha value is -2.29. The van der Waals surface area contributed by atoms with Crippen LogP contribution in [0.15, 0.2) is 56.7 Å². The van der Waals surface area contributed by atoms with Crippen molar-refractivity contribution in [1.29, 1.82) is 0 Å². The van der Waals surface area contributed by atoms with E-state index in [1.54, 1.807) is 12.0 Å². The number of halogens is 1. The maximum absolute atomic E-state index is 13.4. The summed E-state index contributed by atoms with van der Waals surface area (Å²) in [5.74, 6) is 1.24. The number of piperidine rings is 1. The third kappa shape index (κ3) is 6.68. The van der Waals surface area contributed by atoms with Gasteiger partial charge in [-0.2, -0.15) is 0 Å². The molecule has 2 aromatic carbocycles. The molecule has 186 valence electrons. The minimum absolute atomic E-state index is 0.00127. The number of thioether (sulfide) groups is 1. The van der Waals surface area contributed by atoms with Crippen molar-refractivity contribution in [3.63, 3.8) is 0 Å². The first kappa shape index (κ1) is 25.8. The van der Waals surface area contributed by atoms with E-state index >= 15 is 0 Å². The highest BCUT2D eigenvalue weighted by molar-refractivity contribution is 9.10. The predicted octanol–water partition coefficient (Wildman–Crippen LogP) is 5.18. The maximum atomic E-state index is 13.4.